The summed E-state index contributed by atoms with van der Waals surface area (Å²) in [7, 11) is 0. The van der Waals surface area contributed by atoms with E-state index in [2.05, 4.69) is 15.1 Å². The number of nitrogens with two attached hydrogens (primary N) is 1. The smallest absolute Gasteiger partial charge is 0.158 e. The molecular formula is C7H6ClN5. The zero-order valence-electron chi connectivity index (χ0n) is 6.55. The van der Waals surface area contributed by atoms with Crippen LogP contribution in [0.1, 0.15) is 0 Å². The van der Waals surface area contributed by atoms with Crippen LogP contribution in [-0.2, 0) is 0 Å². The van der Waals surface area contributed by atoms with Crippen molar-refractivity contribution in [2.75, 3.05) is 5.73 Å². The number of nitrogens with zero attached hydrogens (tertiary/aromatic N) is 4. The molecule has 0 aliphatic rings. The van der Waals surface area contributed by atoms with Crippen LogP contribution in [-0.4, -0.2) is 19.7 Å². The van der Waals surface area contributed by atoms with Crippen LogP contribution in [0.4, 0.5) is 5.82 Å². The lowest BCUT2D eigenvalue weighted by atomic mass is 10.5. The highest BCUT2D eigenvalue weighted by Gasteiger charge is 2.00. The maximum Gasteiger partial charge on any atom is 0.158 e. The van der Waals surface area contributed by atoms with Gasteiger partial charge in [0.25, 0.3) is 0 Å². The van der Waals surface area contributed by atoms with Crippen LogP contribution in [0.3, 0.4) is 0 Å². The van der Waals surface area contributed by atoms with E-state index in [1.807, 2.05) is 0 Å². The third-order valence-corrected chi connectivity index (χ3v) is 1.65. The van der Waals surface area contributed by atoms with E-state index in [-0.39, 0.29) is 0 Å². The van der Waals surface area contributed by atoms with Gasteiger partial charge in [-0.3, -0.25) is 0 Å². The van der Waals surface area contributed by atoms with Crippen molar-refractivity contribution >= 4 is 17.4 Å². The molecular weight excluding hydrogens is 190 g/mol. The van der Waals surface area contributed by atoms with Gasteiger partial charge in [-0.15, -0.1) is 0 Å². The number of aromatic nitrogens is 4. The molecule has 2 aromatic heterocycles. The van der Waals surface area contributed by atoms with E-state index in [0.717, 1.165) is 0 Å². The molecule has 0 radical (unpaired) electrons. The first kappa shape index (κ1) is 8.00. The molecule has 0 amide bonds. The molecule has 0 saturated heterocycles. The molecule has 0 saturated carbocycles. The van der Waals surface area contributed by atoms with Crippen molar-refractivity contribution in [1.29, 1.82) is 0 Å². The molecule has 2 aromatic rings. The lowest BCUT2D eigenvalue weighted by Gasteiger charge is -1.98. The highest BCUT2D eigenvalue weighted by molar-refractivity contribution is 6.30. The van der Waals surface area contributed by atoms with Gasteiger partial charge in [-0.25, -0.2) is 14.6 Å². The number of nitrogen functional groups attached to an aromatic ring is 1. The predicted molar refractivity (Wildman–Crippen MR) is 48.6 cm³/mol. The van der Waals surface area contributed by atoms with E-state index >= 15 is 0 Å². The fourth-order valence-corrected chi connectivity index (χ4v) is 1.05. The predicted octanol–water partition coefficient (Wildman–Crippen LogP) is 0.898. The largest absolute Gasteiger partial charge is 0.384 e. The normalized spacial score (nSPS) is 10.2. The molecule has 0 aliphatic carbocycles. The lowest BCUT2D eigenvalue weighted by Crippen LogP contribution is -2.00. The van der Waals surface area contributed by atoms with Crippen molar-refractivity contribution in [1.82, 2.24) is 19.7 Å². The topological polar surface area (TPSA) is 69.6 Å². The summed E-state index contributed by atoms with van der Waals surface area (Å²) in [5, 5.41) is 4.52. The van der Waals surface area contributed by atoms with Gasteiger partial charge in [-0.1, -0.05) is 11.6 Å². The first-order valence-electron chi connectivity index (χ1n) is 3.54. The van der Waals surface area contributed by atoms with Gasteiger partial charge in [0.15, 0.2) is 5.82 Å². The summed E-state index contributed by atoms with van der Waals surface area (Å²) in [5.74, 6) is 0.996. The summed E-state index contributed by atoms with van der Waals surface area (Å²) < 4.78 is 1.53. The van der Waals surface area contributed by atoms with Gasteiger partial charge in [-0.2, -0.15) is 5.10 Å². The molecule has 0 bridgehead atoms. The second-order valence-electron chi connectivity index (χ2n) is 2.40. The number of halogens is 1. The minimum Gasteiger partial charge on any atom is -0.384 e. The minimum absolute atomic E-state index is 0.400. The lowest BCUT2D eigenvalue weighted by molar-refractivity contribution is 0.841. The third-order valence-electron chi connectivity index (χ3n) is 1.46. The average Bonchev–Trinajstić information content (AvgIpc) is 2.52. The Balaban J connectivity index is 2.46. The van der Waals surface area contributed by atoms with E-state index in [1.54, 1.807) is 12.3 Å². The molecule has 0 aliphatic heterocycles. The quantitative estimate of drug-likeness (QED) is 0.734. The fourth-order valence-electron chi connectivity index (χ4n) is 0.913. The Morgan fingerprint density at radius 1 is 1.38 bits per heavy atom. The van der Waals surface area contributed by atoms with E-state index in [1.165, 1.54) is 17.2 Å². The monoisotopic (exact) mass is 195 g/mol. The van der Waals surface area contributed by atoms with Crippen molar-refractivity contribution in [3.05, 3.63) is 29.8 Å². The van der Waals surface area contributed by atoms with Gasteiger partial charge < -0.3 is 5.73 Å². The van der Waals surface area contributed by atoms with Crippen LogP contribution in [0.5, 0.6) is 0 Å². The van der Waals surface area contributed by atoms with Crippen LogP contribution < -0.4 is 5.73 Å². The minimum atomic E-state index is 0.400. The standard InChI is InChI=1S/C7H6ClN5/c8-5-2-12-13(3-5)7-1-6(9)10-4-11-7/h1-4H,(H2,9,10,11). The van der Waals surface area contributed by atoms with E-state index in [9.17, 15) is 0 Å². The molecule has 6 heteroatoms. The summed E-state index contributed by atoms with van der Waals surface area (Å²) in [6.45, 7) is 0. The van der Waals surface area contributed by atoms with Gasteiger partial charge in [0.05, 0.1) is 17.4 Å². The van der Waals surface area contributed by atoms with Gasteiger partial charge in [0, 0.05) is 6.07 Å². The third kappa shape index (κ3) is 1.59. The van der Waals surface area contributed by atoms with Gasteiger partial charge >= 0.3 is 0 Å². The van der Waals surface area contributed by atoms with E-state index in [0.29, 0.717) is 16.7 Å². The summed E-state index contributed by atoms with van der Waals surface area (Å²) in [5.41, 5.74) is 5.48. The Morgan fingerprint density at radius 3 is 2.85 bits per heavy atom. The second kappa shape index (κ2) is 3.02. The van der Waals surface area contributed by atoms with Crippen LogP contribution in [0.25, 0.3) is 5.82 Å². The maximum absolute atomic E-state index is 5.69. The van der Waals surface area contributed by atoms with Crippen molar-refractivity contribution in [3.8, 4) is 5.82 Å². The number of anilines is 1. The summed E-state index contributed by atoms with van der Waals surface area (Å²) in [6, 6.07) is 1.61. The highest BCUT2D eigenvalue weighted by Crippen LogP contribution is 2.10. The van der Waals surface area contributed by atoms with Crippen LogP contribution in [0.2, 0.25) is 5.02 Å². The Bertz CT molecular complexity index is 424. The van der Waals surface area contributed by atoms with E-state index in [4.69, 9.17) is 17.3 Å². The fraction of sp³-hybridized carbons (Fsp3) is 0. The van der Waals surface area contributed by atoms with E-state index < -0.39 is 0 Å². The number of hydrogen-bond acceptors (Lipinski definition) is 4. The summed E-state index contributed by atoms with van der Waals surface area (Å²) in [4.78, 5) is 7.74. The Morgan fingerprint density at radius 2 is 2.23 bits per heavy atom. The van der Waals surface area contributed by atoms with Gasteiger partial charge in [0.2, 0.25) is 0 Å². The molecule has 0 spiro atoms. The molecule has 0 aromatic carbocycles. The van der Waals surface area contributed by atoms with Crippen LogP contribution >= 0.6 is 11.6 Å². The highest BCUT2D eigenvalue weighted by atomic mass is 35.5. The zero-order valence-corrected chi connectivity index (χ0v) is 7.31. The van der Waals surface area contributed by atoms with Crippen molar-refractivity contribution < 1.29 is 0 Å². The molecule has 5 nitrogen and oxygen atoms in total. The zero-order chi connectivity index (χ0) is 9.26. The Labute approximate surface area is 79.2 Å². The van der Waals surface area contributed by atoms with Crippen LogP contribution in [0, 0.1) is 0 Å². The molecule has 0 unspecified atom stereocenters. The SMILES string of the molecule is Nc1cc(-n2cc(Cl)cn2)ncn1. The van der Waals surface area contributed by atoms with Crippen molar-refractivity contribution in [3.63, 3.8) is 0 Å². The summed E-state index contributed by atoms with van der Waals surface area (Å²) >= 11 is 5.69. The molecule has 66 valence electrons. The molecule has 2 rings (SSSR count). The maximum atomic E-state index is 5.69. The molecule has 2 heterocycles. The van der Waals surface area contributed by atoms with Crippen molar-refractivity contribution in [2.24, 2.45) is 0 Å². The molecule has 13 heavy (non-hydrogen) atoms. The first-order chi connectivity index (χ1) is 6.25. The Hall–Kier alpha value is -1.62. The molecule has 2 N–H and O–H groups in total. The summed E-state index contributed by atoms with van der Waals surface area (Å²) in [6.07, 6.45) is 4.55. The average molecular weight is 196 g/mol. The van der Waals surface area contributed by atoms with Gasteiger partial charge in [-0.05, 0) is 0 Å². The van der Waals surface area contributed by atoms with Crippen LogP contribution in [0.15, 0.2) is 24.8 Å². The number of hydrogen-bond donors (Lipinski definition) is 1. The molecule has 0 fully saturated rings. The Kier molecular flexibility index (Phi) is 1.86. The first-order valence-corrected chi connectivity index (χ1v) is 3.91. The molecule has 0 atom stereocenters. The van der Waals surface area contributed by atoms with Crippen molar-refractivity contribution in [2.45, 2.75) is 0 Å². The number of rotatable bonds is 1. The second-order valence-corrected chi connectivity index (χ2v) is 2.84. The van der Waals surface area contributed by atoms with Gasteiger partial charge in [0.1, 0.15) is 12.1 Å².